The molecule has 74 valence electrons. The Morgan fingerprint density at radius 3 is 2.85 bits per heavy atom. The highest BCUT2D eigenvalue weighted by atomic mass is 35.5. The van der Waals surface area contributed by atoms with Gasteiger partial charge < -0.3 is 9.47 Å². The van der Waals surface area contributed by atoms with Crippen LogP contribution < -0.4 is 0 Å². The topological polar surface area (TPSA) is 38.8 Å². The highest BCUT2D eigenvalue weighted by Gasteiger charge is 2.76. The molecule has 1 saturated carbocycles. The van der Waals surface area contributed by atoms with Crippen LogP contribution in [-0.4, -0.2) is 23.7 Å². The summed E-state index contributed by atoms with van der Waals surface area (Å²) < 4.78 is 9.97. The molecule has 1 aliphatic heterocycles. The number of carbonyl (C=O) groups excluding carboxylic acids is 1. The average molecular weight is 205 g/mol. The van der Waals surface area contributed by atoms with Crippen molar-refractivity contribution in [3.63, 3.8) is 0 Å². The van der Waals surface area contributed by atoms with Gasteiger partial charge in [0.05, 0.1) is 7.11 Å². The van der Waals surface area contributed by atoms with Crippen molar-refractivity contribution in [2.75, 3.05) is 7.11 Å². The number of hydrogen-bond donors (Lipinski definition) is 0. The normalized spacial score (nSPS) is 48.1. The Kier molecular flexibility index (Phi) is 1.86. The molecular formula is C9H13ClO3. The lowest BCUT2D eigenvalue weighted by molar-refractivity contribution is -0.143. The van der Waals surface area contributed by atoms with Crippen molar-refractivity contribution in [3.8, 4) is 0 Å². The fourth-order valence-electron chi connectivity index (χ4n) is 2.23. The second-order valence-electron chi connectivity index (χ2n) is 4.03. The first-order valence-electron chi connectivity index (χ1n) is 4.51. The van der Waals surface area contributed by atoms with Crippen LogP contribution >= 0.6 is 11.6 Å². The number of alkyl halides is 1. The summed E-state index contributed by atoms with van der Waals surface area (Å²) in [7, 11) is 1.33. The molecule has 2 rings (SSSR count). The van der Waals surface area contributed by atoms with E-state index < -0.39 is 16.6 Å². The smallest absolute Gasteiger partial charge is 0.357 e. The molecule has 0 aromatic rings. The van der Waals surface area contributed by atoms with E-state index >= 15 is 0 Å². The first-order chi connectivity index (χ1) is 6.04. The minimum Gasteiger partial charge on any atom is -0.466 e. The molecule has 0 amide bonds. The third kappa shape index (κ3) is 1.10. The highest BCUT2D eigenvalue weighted by Crippen LogP contribution is 2.62. The van der Waals surface area contributed by atoms with Crippen LogP contribution in [0.1, 0.15) is 26.2 Å². The molecule has 1 aliphatic carbocycles. The summed E-state index contributed by atoms with van der Waals surface area (Å²) in [5.41, 5.74) is -0.416. The summed E-state index contributed by atoms with van der Waals surface area (Å²) in [5.74, 6) is 0.133. The van der Waals surface area contributed by atoms with E-state index in [1.165, 1.54) is 7.11 Å². The lowest BCUT2D eigenvalue weighted by Gasteiger charge is -2.06. The van der Waals surface area contributed by atoms with E-state index in [0.717, 1.165) is 19.3 Å². The molecule has 0 aromatic heterocycles. The molecular weight excluding hydrogens is 192 g/mol. The number of ether oxygens (including phenoxy) is 2. The van der Waals surface area contributed by atoms with Crippen molar-refractivity contribution in [3.05, 3.63) is 0 Å². The minimum atomic E-state index is -1.17. The van der Waals surface area contributed by atoms with Gasteiger partial charge in [0.25, 0.3) is 5.06 Å². The lowest BCUT2D eigenvalue weighted by Crippen LogP contribution is -2.28. The van der Waals surface area contributed by atoms with Crippen LogP contribution in [0, 0.1) is 5.92 Å². The predicted octanol–water partition coefficient (Wildman–Crippen LogP) is 1.68. The van der Waals surface area contributed by atoms with Gasteiger partial charge in [-0.3, -0.25) is 0 Å². The predicted molar refractivity (Wildman–Crippen MR) is 47.4 cm³/mol. The summed E-state index contributed by atoms with van der Waals surface area (Å²) in [6.07, 6.45) is 2.81. The SMILES string of the molecule is COC(=O)C1(Cl)OC12CCC(C)C2. The Morgan fingerprint density at radius 2 is 2.38 bits per heavy atom. The Morgan fingerprint density at radius 1 is 1.69 bits per heavy atom. The van der Waals surface area contributed by atoms with E-state index in [2.05, 4.69) is 11.7 Å². The molecule has 2 fully saturated rings. The Balaban J connectivity index is 2.11. The zero-order chi connectivity index (χ0) is 9.69. The largest absolute Gasteiger partial charge is 0.466 e. The zero-order valence-corrected chi connectivity index (χ0v) is 8.56. The Bertz CT molecular complexity index is 255. The van der Waals surface area contributed by atoms with E-state index in [-0.39, 0.29) is 0 Å². The molecule has 0 aromatic carbocycles. The fourth-order valence-corrected chi connectivity index (χ4v) is 2.63. The minimum absolute atomic E-state index is 0.416. The van der Waals surface area contributed by atoms with Gasteiger partial charge in [0.15, 0.2) is 0 Å². The van der Waals surface area contributed by atoms with Gasteiger partial charge in [-0.05, 0) is 25.2 Å². The van der Waals surface area contributed by atoms with Crippen molar-refractivity contribution in [2.24, 2.45) is 5.92 Å². The molecule has 3 nitrogen and oxygen atoms in total. The van der Waals surface area contributed by atoms with Crippen LogP contribution in [0.2, 0.25) is 0 Å². The Hall–Kier alpha value is -0.280. The molecule has 1 spiro atoms. The summed E-state index contributed by atoms with van der Waals surface area (Å²) in [6, 6.07) is 0. The maximum Gasteiger partial charge on any atom is 0.357 e. The van der Waals surface area contributed by atoms with Gasteiger partial charge in [-0.15, -0.1) is 0 Å². The number of esters is 1. The summed E-state index contributed by atoms with van der Waals surface area (Å²) in [4.78, 5) is 11.3. The average Bonchev–Trinajstić information content (AvgIpc) is 2.47. The standard InChI is InChI=1S/C9H13ClO3/c1-6-3-4-8(5-6)9(10,13-8)7(11)12-2/h6H,3-5H2,1-2H3. The second-order valence-corrected chi connectivity index (χ2v) is 4.56. The number of epoxide rings is 1. The second kappa shape index (κ2) is 2.61. The third-order valence-corrected chi connectivity index (χ3v) is 3.62. The van der Waals surface area contributed by atoms with Gasteiger partial charge in [-0.25, -0.2) is 4.79 Å². The molecule has 0 N–H and O–H groups in total. The van der Waals surface area contributed by atoms with Crippen molar-refractivity contribution in [1.82, 2.24) is 0 Å². The monoisotopic (exact) mass is 204 g/mol. The third-order valence-electron chi connectivity index (χ3n) is 3.05. The first kappa shape index (κ1) is 9.28. The molecule has 3 unspecified atom stereocenters. The number of halogens is 1. The van der Waals surface area contributed by atoms with Crippen LogP contribution in [-0.2, 0) is 14.3 Å². The molecule has 0 bridgehead atoms. The zero-order valence-electron chi connectivity index (χ0n) is 7.80. The van der Waals surface area contributed by atoms with Gasteiger partial charge in [0.1, 0.15) is 5.60 Å². The lowest BCUT2D eigenvalue weighted by atomic mass is 10.0. The molecule has 0 radical (unpaired) electrons. The number of rotatable bonds is 1. The van der Waals surface area contributed by atoms with Crippen LogP contribution in [0.25, 0.3) is 0 Å². The van der Waals surface area contributed by atoms with Crippen molar-refractivity contribution in [2.45, 2.75) is 36.8 Å². The van der Waals surface area contributed by atoms with Gasteiger partial charge in [0, 0.05) is 0 Å². The maximum atomic E-state index is 11.3. The Labute approximate surface area is 82.3 Å². The van der Waals surface area contributed by atoms with Gasteiger partial charge in [0.2, 0.25) is 0 Å². The number of hydrogen-bond acceptors (Lipinski definition) is 3. The summed E-state index contributed by atoms with van der Waals surface area (Å²) in [5, 5.41) is -1.17. The number of methoxy groups -OCH3 is 1. The van der Waals surface area contributed by atoms with Crippen LogP contribution in [0.4, 0.5) is 0 Å². The van der Waals surface area contributed by atoms with E-state index in [1.807, 2.05) is 0 Å². The number of carbonyl (C=O) groups is 1. The molecule has 2 aliphatic rings. The maximum absolute atomic E-state index is 11.3. The van der Waals surface area contributed by atoms with E-state index in [9.17, 15) is 4.79 Å². The van der Waals surface area contributed by atoms with E-state index in [1.54, 1.807) is 0 Å². The molecule has 13 heavy (non-hydrogen) atoms. The summed E-state index contributed by atoms with van der Waals surface area (Å²) in [6.45, 7) is 2.14. The summed E-state index contributed by atoms with van der Waals surface area (Å²) >= 11 is 6.03. The van der Waals surface area contributed by atoms with Crippen molar-refractivity contribution < 1.29 is 14.3 Å². The molecule has 1 heterocycles. The van der Waals surface area contributed by atoms with E-state index in [0.29, 0.717) is 5.92 Å². The highest BCUT2D eigenvalue weighted by molar-refractivity contribution is 6.36. The first-order valence-corrected chi connectivity index (χ1v) is 4.89. The van der Waals surface area contributed by atoms with Crippen LogP contribution in [0.5, 0.6) is 0 Å². The van der Waals surface area contributed by atoms with Gasteiger partial charge in [-0.2, -0.15) is 0 Å². The van der Waals surface area contributed by atoms with Crippen molar-refractivity contribution in [1.29, 1.82) is 0 Å². The van der Waals surface area contributed by atoms with Gasteiger partial charge in [-0.1, -0.05) is 18.5 Å². The van der Waals surface area contributed by atoms with Crippen LogP contribution in [0.3, 0.4) is 0 Å². The fraction of sp³-hybridized carbons (Fsp3) is 0.889. The van der Waals surface area contributed by atoms with Crippen molar-refractivity contribution >= 4 is 17.6 Å². The molecule has 4 heteroatoms. The molecule has 1 saturated heterocycles. The van der Waals surface area contributed by atoms with E-state index in [4.69, 9.17) is 16.3 Å². The van der Waals surface area contributed by atoms with Gasteiger partial charge >= 0.3 is 5.97 Å². The quantitative estimate of drug-likeness (QED) is 0.371. The van der Waals surface area contributed by atoms with Crippen LogP contribution in [0.15, 0.2) is 0 Å². The molecule has 3 atom stereocenters.